The topological polar surface area (TPSA) is 98.6 Å². The number of nitrogens with one attached hydrogen (secondary N) is 1. The Hall–Kier alpha value is -3.83. The Morgan fingerprint density at radius 2 is 1.73 bits per heavy atom. The van der Waals surface area contributed by atoms with Gasteiger partial charge in [0.05, 0.1) is 26.5 Å². The number of thioether (sulfide) groups is 1. The summed E-state index contributed by atoms with van der Waals surface area (Å²) in [5.74, 6) is 1.48. The third-order valence-electron chi connectivity index (χ3n) is 6.54. The van der Waals surface area contributed by atoms with Crippen molar-refractivity contribution in [2.24, 2.45) is 0 Å². The predicted octanol–water partition coefficient (Wildman–Crippen LogP) is 5.05. The van der Waals surface area contributed by atoms with Crippen LogP contribution >= 0.6 is 27.7 Å². The summed E-state index contributed by atoms with van der Waals surface area (Å²) in [6.07, 6.45) is 1.91. The van der Waals surface area contributed by atoms with Gasteiger partial charge >= 0.3 is 0 Å². The average Bonchev–Trinajstić information content (AvgIpc) is 3.40. The lowest BCUT2D eigenvalue weighted by Gasteiger charge is -2.29. The third-order valence-corrected chi connectivity index (χ3v) is 7.98. The van der Waals surface area contributed by atoms with E-state index < -0.39 is 0 Å². The number of methoxy groups -OCH3 is 2. The molecule has 0 unspecified atom stereocenters. The lowest BCUT2D eigenvalue weighted by Crippen LogP contribution is -2.36. The molecule has 0 atom stereocenters. The zero-order valence-corrected chi connectivity index (χ0v) is 24.5. The molecule has 2 amide bonds. The summed E-state index contributed by atoms with van der Waals surface area (Å²) in [6, 6.07) is 20.7. The molecule has 0 saturated carbocycles. The highest BCUT2D eigenvalue weighted by Gasteiger charge is 2.24. The number of carbonyl (C=O) groups is 2. The maximum Gasteiger partial charge on any atom is 0.251 e. The number of para-hydroxylation sites is 1. The van der Waals surface area contributed by atoms with Crippen molar-refractivity contribution >= 4 is 45.2 Å². The quantitative estimate of drug-likeness (QED) is 0.261. The van der Waals surface area contributed by atoms with E-state index in [1.807, 2.05) is 51.9 Å². The van der Waals surface area contributed by atoms with E-state index in [9.17, 15) is 9.59 Å². The van der Waals surface area contributed by atoms with Crippen LogP contribution in [-0.2, 0) is 17.8 Å². The van der Waals surface area contributed by atoms with Gasteiger partial charge in [-0.3, -0.25) is 14.2 Å². The maximum absolute atomic E-state index is 13.3. The molecule has 0 radical (unpaired) electrons. The number of rotatable bonds is 9. The van der Waals surface area contributed by atoms with Crippen LogP contribution in [0.3, 0.4) is 0 Å². The summed E-state index contributed by atoms with van der Waals surface area (Å²) in [5.41, 5.74) is 3.38. The van der Waals surface area contributed by atoms with Crippen LogP contribution in [0.2, 0.25) is 0 Å². The molecule has 1 aromatic heterocycles. The van der Waals surface area contributed by atoms with Crippen molar-refractivity contribution in [2.45, 2.75) is 24.5 Å². The molecule has 0 saturated heterocycles. The predicted molar refractivity (Wildman–Crippen MR) is 158 cm³/mol. The number of anilines is 1. The molecule has 2 heterocycles. The summed E-state index contributed by atoms with van der Waals surface area (Å²) in [5, 5.41) is 12.2. The van der Waals surface area contributed by atoms with Gasteiger partial charge in [0.15, 0.2) is 11.0 Å². The van der Waals surface area contributed by atoms with Crippen LogP contribution in [-0.4, -0.2) is 53.1 Å². The van der Waals surface area contributed by atoms with E-state index in [0.29, 0.717) is 34.6 Å². The van der Waals surface area contributed by atoms with Gasteiger partial charge < -0.3 is 19.7 Å². The normalized spacial score (nSPS) is 12.5. The van der Waals surface area contributed by atoms with Gasteiger partial charge in [-0.05, 0) is 60.9 Å². The first-order valence-corrected chi connectivity index (χ1v) is 14.5. The number of amides is 2. The molecule has 0 aliphatic carbocycles. The fourth-order valence-corrected chi connectivity index (χ4v) is 5.67. The molecule has 3 aromatic carbocycles. The first-order chi connectivity index (χ1) is 19.5. The number of benzene rings is 3. The van der Waals surface area contributed by atoms with E-state index in [-0.39, 0.29) is 24.1 Å². The van der Waals surface area contributed by atoms with Crippen molar-refractivity contribution in [3.05, 3.63) is 88.2 Å². The molecule has 1 aliphatic rings. The van der Waals surface area contributed by atoms with Crippen molar-refractivity contribution in [3.63, 3.8) is 0 Å². The molecular weight excluding hydrogens is 594 g/mol. The highest BCUT2D eigenvalue weighted by molar-refractivity contribution is 9.10. The SMILES string of the molecule is COc1cc(OC)cc(C(=O)NCc2nnc(SCC(=O)N3CCCc4ccccc43)n2-c2ccc(Br)cc2)c1. The van der Waals surface area contributed by atoms with E-state index in [1.165, 1.54) is 31.5 Å². The molecular formula is C29H28BrN5O4S. The Morgan fingerprint density at radius 1 is 1.00 bits per heavy atom. The maximum atomic E-state index is 13.3. The largest absolute Gasteiger partial charge is 0.497 e. The van der Waals surface area contributed by atoms with Crippen molar-refractivity contribution < 1.29 is 19.1 Å². The molecule has 11 heteroatoms. The van der Waals surface area contributed by atoms with E-state index >= 15 is 0 Å². The van der Waals surface area contributed by atoms with E-state index in [2.05, 4.69) is 37.5 Å². The molecule has 1 aliphatic heterocycles. The highest BCUT2D eigenvalue weighted by atomic mass is 79.9. The van der Waals surface area contributed by atoms with Crippen LogP contribution < -0.4 is 19.7 Å². The van der Waals surface area contributed by atoms with Gasteiger partial charge in [-0.1, -0.05) is 45.9 Å². The Morgan fingerprint density at radius 3 is 2.45 bits per heavy atom. The van der Waals surface area contributed by atoms with Gasteiger partial charge in [-0.15, -0.1) is 10.2 Å². The second kappa shape index (κ2) is 12.6. The van der Waals surface area contributed by atoms with E-state index in [1.54, 1.807) is 18.2 Å². The summed E-state index contributed by atoms with van der Waals surface area (Å²) in [7, 11) is 3.07. The van der Waals surface area contributed by atoms with Gasteiger partial charge in [0.1, 0.15) is 11.5 Å². The summed E-state index contributed by atoms with van der Waals surface area (Å²) in [4.78, 5) is 28.1. The zero-order valence-electron chi connectivity index (χ0n) is 22.1. The van der Waals surface area contributed by atoms with E-state index in [4.69, 9.17) is 9.47 Å². The number of aromatic nitrogens is 3. The van der Waals surface area contributed by atoms with Crippen LogP contribution in [0.4, 0.5) is 5.69 Å². The number of halogens is 1. The third kappa shape index (κ3) is 6.15. The summed E-state index contributed by atoms with van der Waals surface area (Å²) < 4.78 is 13.4. The second-order valence-electron chi connectivity index (χ2n) is 9.06. The zero-order chi connectivity index (χ0) is 28.1. The molecule has 1 N–H and O–H groups in total. The molecule has 9 nitrogen and oxygen atoms in total. The monoisotopic (exact) mass is 621 g/mol. The van der Waals surface area contributed by atoms with Gasteiger partial charge in [0, 0.05) is 34.0 Å². The summed E-state index contributed by atoms with van der Waals surface area (Å²) >= 11 is 4.80. The van der Waals surface area contributed by atoms with E-state index in [0.717, 1.165) is 28.7 Å². The number of hydrogen-bond donors (Lipinski definition) is 1. The Kier molecular flexibility index (Phi) is 8.71. The molecule has 40 heavy (non-hydrogen) atoms. The highest BCUT2D eigenvalue weighted by Crippen LogP contribution is 2.29. The van der Waals surface area contributed by atoms with Gasteiger partial charge in [-0.25, -0.2) is 0 Å². The van der Waals surface area contributed by atoms with Crippen LogP contribution in [0.15, 0.2) is 76.4 Å². The van der Waals surface area contributed by atoms with Crippen LogP contribution in [0.5, 0.6) is 11.5 Å². The minimum absolute atomic E-state index is 0.0179. The first-order valence-electron chi connectivity index (χ1n) is 12.7. The van der Waals surface area contributed by atoms with Gasteiger partial charge in [-0.2, -0.15) is 0 Å². The first kappa shape index (κ1) is 27.7. The van der Waals surface area contributed by atoms with Crippen LogP contribution in [0, 0.1) is 0 Å². The molecule has 5 rings (SSSR count). The van der Waals surface area contributed by atoms with Crippen molar-refractivity contribution in [1.82, 2.24) is 20.1 Å². The lowest BCUT2D eigenvalue weighted by atomic mass is 10.0. The fraction of sp³-hybridized carbons (Fsp3) is 0.241. The molecule has 4 aromatic rings. The fourth-order valence-electron chi connectivity index (χ4n) is 4.55. The molecule has 0 bridgehead atoms. The number of nitrogens with zero attached hydrogens (tertiary/aromatic N) is 4. The number of aryl methyl sites for hydroxylation is 1. The van der Waals surface area contributed by atoms with Crippen molar-refractivity contribution in [1.29, 1.82) is 0 Å². The van der Waals surface area contributed by atoms with Crippen molar-refractivity contribution in [3.8, 4) is 17.2 Å². The molecule has 0 fully saturated rings. The van der Waals surface area contributed by atoms with Crippen LogP contribution in [0.1, 0.15) is 28.2 Å². The number of fused-ring (bicyclic) bond motifs is 1. The number of ether oxygens (including phenoxy) is 2. The van der Waals surface area contributed by atoms with Gasteiger partial charge in [0.2, 0.25) is 5.91 Å². The average molecular weight is 623 g/mol. The summed E-state index contributed by atoms with van der Waals surface area (Å²) in [6.45, 7) is 0.817. The Labute approximate surface area is 245 Å². The standard InChI is InChI=1S/C29H28BrN5O4S/c1-38-23-14-20(15-24(16-23)39-2)28(37)31-17-26-32-33-29(35(26)22-11-9-21(30)10-12-22)40-18-27(36)34-13-5-7-19-6-3-4-8-25(19)34/h3-4,6,8-12,14-16H,5,7,13,17-18H2,1-2H3,(H,31,37). The van der Waals surface area contributed by atoms with Gasteiger partial charge in [0.25, 0.3) is 5.91 Å². The molecule has 0 spiro atoms. The minimum Gasteiger partial charge on any atom is -0.497 e. The smallest absolute Gasteiger partial charge is 0.251 e. The molecule has 206 valence electrons. The number of hydrogen-bond acceptors (Lipinski definition) is 7. The second-order valence-corrected chi connectivity index (χ2v) is 10.9. The Balaban J connectivity index is 1.35. The Bertz CT molecular complexity index is 1500. The minimum atomic E-state index is -0.310. The van der Waals surface area contributed by atoms with Crippen LogP contribution in [0.25, 0.3) is 5.69 Å². The number of carbonyl (C=O) groups excluding carboxylic acids is 2. The lowest BCUT2D eigenvalue weighted by molar-refractivity contribution is -0.116. The van der Waals surface area contributed by atoms with Crippen molar-refractivity contribution in [2.75, 3.05) is 31.4 Å².